The van der Waals surface area contributed by atoms with Gasteiger partial charge in [-0.2, -0.15) is 4.31 Å². The molecule has 2 aromatic rings. The monoisotopic (exact) mass is 453 g/mol. The van der Waals surface area contributed by atoms with Gasteiger partial charge in [-0.15, -0.1) is 0 Å². The quantitative estimate of drug-likeness (QED) is 0.651. The number of nitrogens with zero attached hydrogens (tertiary/aromatic N) is 3. The van der Waals surface area contributed by atoms with Crippen LogP contribution in [0.15, 0.2) is 53.9 Å². The Morgan fingerprint density at radius 2 is 1.62 bits per heavy atom. The maximum Gasteiger partial charge on any atom is 0.251 e. The summed E-state index contributed by atoms with van der Waals surface area (Å²) in [5, 5.41) is 1.23. The molecule has 0 bridgehead atoms. The molecule has 2 heterocycles. The highest BCUT2D eigenvalue weighted by Gasteiger charge is 2.44. The molecule has 2 fully saturated rings. The Hall–Kier alpha value is -2.81. The maximum absolute atomic E-state index is 13.1. The standard InChI is InChI=1S/C24H27N3O4S/c1-18-8-9-21(19(2)16-18)27-23(28)17-22(24(27)29)25-11-13-26(14-12-25)32(30,31)15-10-20-6-4-3-5-7-20/h3-10,15-16,22H,11-14,17H2,1-2H3/b15-10+. The summed E-state index contributed by atoms with van der Waals surface area (Å²) in [7, 11) is -3.55. The largest absolute Gasteiger partial charge is 0.289 e. The fraction of sp³-hybridized carbons (Fsp3) is 0.333. The lowest BCUT2D eigenvalue weighted by Gasteiger charge is -2.35. The van der Waals surface area contributed by atoms with Gasteiger partial charge in [-0.05, 0) is 37.1 Å². The smallest absolute Gasteiger partial charge is 0.251 e. The molecule has 0 radical (unpaired) electrons. The second kappa shape index (κ2) is 8.97. The summed E-state index contributed by atoms with van der Waals surface area (Å²) >= 11 is 0. The lowest BCUT2D eigenvalue weighted by atomic mass is 10.1. The molecule has 0 spiro atoms. The van der Waals surface area contributed by atoms with E-state index in [1.807, 2.05) is 67.3 Å². The van der Waals surface area contributed by atoms with Crippen molar-refractivity contribution in [1.29, 1.82) is 0 Å². The van der Waals surface area contributed by atoms with Crippen LogP contribution in [0, 0.1) is 13.8 Å². The van der Waals surface area contributed by atoms with E-state index in [9.17, 15) is 18.0 Å². The molecule has 0 saturated carbocycles. The second-order valence-electron chi connectivity index (χ2n) is 8.27. The van der Waals surface area contributed by atoms with Gasteiger partial charge in [0.25, 0.3) is 5.91 Å². The van der Waals surface area contributed by atoms with Crippen molar-refractivity contribution >= 4 is 33.6 Å². The molecule has 0 N–H and O–H groups in total. The van der Waals surface area contributed by atoms with Crippen LogP contribution in [0.3, 0.4) is 0 Å². The van der Waals surface area contributed by atoms with Gasteiger partial charge in [0.2, 0.25) is 15.9 Å². The Bertz CT molecular complexity index is 1150. The topological polar surface area (TPSA) is 78.0 Å². The molecule has 4 rings (SSSR count). The van der Waals surface area contributed by atoms with Gasteiger partial charge in [0.1, 0.15) is 0 Å². The predicted octanol–water partition coefficient (Wildman–Crippen LogP) is 2.55. The van der Waals surface area contributed by atoms with Gasteiger partial charge in [0, 0.05) is 31.6 Å². The molecule has 168 valence electrons. The summed E-state index contributed by atoms with van der Waals surface area (Å²) in [5.41, 5.74) is 3.39. The first kappa shape index (κ1) is 22.4. The molecule has 2 saturated heterocycles. The minimum Gasteiger partial charge on any atom is -0.289 e. The van der Waals surface area contributed by atoms with Crippen LogP contribution < -0.4 is 4.90 Å². The highest BCUT2D eigenvalue weighted by atomic mass is 32.2. The Morgan fingerprint density at radius 3 is 2.28 bits per heavy atom. The number of imide groups is 1. The van der Waals surface area contributed by atoms with Gasteiger partial charge in [-0.3, -0.25) is 14.5 Å². The summed E-state index contributed by atoms with van der Waals surface area (Å²) in [6, 6.07) is 14.4. The minimum atomic E-state index is -3.55. The molecule has 7 nitrogen and oxygen atoms in total. The Kier molecular flexibility index (Phi) is 6.28. The van der Waals surface area contributed by atoms with E-state index in [-0.39, 0.29) is 31.3 Å². The van der Waals surface area contributed by atoms with Crippen LogP contribution in [0.2, 0.25) is 0 Å². The van der Waals surface area contributed by atoms with Crippen LogP contribution in [0.1, 0.15) is 23.1 Å². The Labute approximate surface area is 189 Å². The van der Waals surface area contributed by atoms with Crippen LogP contribution in [-0.2, 0) is 19.6 Å². The lowest BCUT2D eigenvalue weighted by Crippen LogP contribution is -2.53. The van der Waals surface area contributed by atoms with Crippen LogP contribution in [0.25, 0.3) is 6.08 Å². The number of sulfonamides is 1. The van der Waals surface area contributed by atoms with Crippen molar-refractivity contribution in [1.82, 2.24) is 9.21 Å². The molecule has 1 atom stereocenters. The van der Waals surface area contributed by atoms with E-state index in [1.165, 1.54) is 14.6 Å². The molecule has 2 aliphatic heterocycles. The summed E-state index contributed by atoms with van der Waals surface area (Å²) in [5.74, 6) is -0.449. The van der Waals surface area contributed by atoms with Crippen LogP contribution in [0.5, 0.6) is 0 Å². The van der Waals surface area contributed by atoms with Crippen LogP contribution >= 0.6 is 0 Å². The van der Waals surface area contributed by atoms with Crippen LogP contribution in [-0.4, -0.2) is 61.7 Å². The lowest BCUT2D eigenvalue weighted by molar-refractivity contribution is -0.123. The predicted molar refractivity (Wildman–Crippen MR) is 124 cm³/mol. The summed E-state index contributed by atoms with van der Waals surface area (Å²) in [6.45, 7) is 5.23. The zero-order chi connectivity index (χ0) is 22.9. The third-order valence-electron chi connectivity index (χ3n) is 6.02. The SMILES string of the molecule is Cc1ccc(N2C(=O)CC(N3CCN(S(=O)(=O)/C=C/c4ccccc4)CC3)C2=O)c(C)c1. The van der Waals surface area contributed by atoms with Crippen molar-refractivity contribution in [3.8, 4) is 0 Å². The summed E-state index contributed by atoms with van der Waals surface area (Å²) in [6.07, 6.45) is 1.70. The van der Waals surface area contributed by atoms with E-state index in [0.717, 1.165) is 16.7 Å². The van der Waals surface area contributed by atoms with Crippen molar-refractivity contribution in [2.75, 3.05) is 31.1 Å². The van der Waals surface area contributed by atoms with Gasteiger partial charge < -0.3 is 0 Å². The molecule has 1 unspecified atom stereocenters. The van der Waals surface area contributed by atoms with E-state index in [4.69, 9.17) is 0 Å². The zero-order valence-electron chi connectivity index (χ0n) is 18.3. The number of amides is 2. The number of hydrogen-bond acceptors (Lipinski definition) is 5. The number of rotatable bonds is 5. The number of anilines is 1. The molecule has 2 aromatic carbocycles. The third kappa shape index (κ3) is 4.53. The first-order chi connectivity index (χ1) is 15.3. The number of aryl methyl sites for hydroxylation is 2. The maximum atomic E-state index is 13.1. The molecule has 32 heavy (non-hydrogen) atoms. The summed E-state index contributed by atoms with van der Waals surface area (Å²) < 4.78 is 26.8. The van der Waals surface area contributed by atoms with Crippen molar-refractivity contribution in [3.63, 3.8) is 0 Å². The summed E-state index contributed by atoms with van der Waals surface area (Å²) in [4.78, 5) is 29.0. The highest BCUT2D eigenvalue weighted by molar-refractivity contribution is 7.92. The average Bonchev–Trinajstić information content (AvgIpc) is 3.07. The fourth-order valence-electron chi connectivity index (χ4n) is 4.30. The van der Waals surface area contributed by atoms with Gasteiger partial charge in [0.15, 0.2) is 0 Å². The highest BCUT2D eigenvalue weighted by Crippen LogP contribution is 2.29. The van der Waals surface area contributed by atoms with Crippen molar-refractivity contribution < 1.29 is 18.0 Å². The van der Waals surface area contributed by atoms with Crippen LogP contribution in [0.4, 0.5) is 5.69 Å². The zero-order valence-corrected chi connectivity index (χ0v) is 19.1. The number of carbonyl (C=O) groups excluding carboxylic acids is 2. The van der Waals surface area contributed by atoms with Crippen molar-refractivity contribution in [2.45, 2.75) is 26.3 Å². The van der Waals surface area contributed by atoms with Gasteiger partial charge in [-0.1, -0.05) is 48.0 Å². The molecular formula is C24H27N3O4S. The minimum absolute atomic E-state index is 0.118. The molecule has 2 amide bonds. The van der Waals surface area contributed by atoms with Gasteiger partial charge >= 0.3 is 0 Å². The fourth-order valence-corrected chi connectivity index (χ4v) is 5.47. The average molecular weight is 454 g/mol. The first-order valence-corrected chi connectivity index (χ1v) is 12.2. The number of piperazine rings is 1. The van der Waals surface area contributed by atoms with Crippen molar-refractivity contribution in [3.05, 3.63) is 70.6 Å². The Balaban J connectivity index is 1.41. The van der Waals surface area contributed by atoms with E-state index in [1.54, 1.807) is 6.08 Å². The molecule has 0 aliphatic carbocycles. The molecule has 2 aliphatic rings. The molecule has 8 heteroatoms. The second-order valence-corrected chi connectivity index (χ2v) is 10.1. The number of benzene rings is 2. The number of hydrogen-bond donors (Lipinski definition) is 0. The number of carbonyl (C=O) groups is 2. The first-order valence-electron chi connectivity index (χ1n) is 10.7. The van der Waals surface area contributed by atoms with E-state index in [0.29, 0.717) is 18.8 Å². The Morgan fingerprint density at radius 1 is 0.938 bits per heavy atom. The molecular weight excluding hydrogens is 426 g/mol. The van der Waals surface area contributed by atoms with E-state index >= 15 is 0 Å². The van der Waals surface area contributed by atoms with Gasteiger partial charge in [-0.25, -0.2) is 13.3 Å². The normalized spacial score (nSPS) is 21.1. The van der Waals surface area contributed by atoms with Gasteiger partial charge in [0.05, 0.1) is 18.2 Å². The van der Waals surface area contributed by atoms with Crippen molar-refractivity contribution in [2.24, 2.45) is 0 Å². The third-order valence-corrected chi connectivity index (χ3v) is 7.59. The van der Waals surface area contributed by atoms with E-state index in [2.05, 4.69) is 0 Å². The molecule has 0 aromatic heterocycles. The van der Waals surface area contributed by atoms with E-state index < -0.39 is 16.1 Å².